The Labute approximate surface area is 74.0 Å². The molecule has 0 amide bonds. The van der Waals surface area contributed by atoms with Gasteiger partial charge in [0.05, 0.1) is 19.8 Å². The van der Waals surface area contributed by atoms with Crippen molar-refractivity contribution < 1.29 is 14.2 Å². The lowest BCUT2D eigenvalue weighted by molar-refractivity contribution is -0.186. The Kier molecular flexibility index (Phi) is 5.32. The Bertz CT molecular complexity index is 99.9. The molecule has 0 aromatic rings. The molecular weight excluding hydrogens is 156 g/mol. The molecule has 0 aromatic heterocycles. The number of rotatable bonds is 5. The van der Waals surface area contributed by atoms with Crippen molar-refractivity contribution in [1.82, 2.24) is 0 Å². The van der Waals surface area contributed by atoms with E-state index in [9.17, 15) is 0 Å². The Balaban J connectivity index is 1.91. The summed E-state index contributed by atoms with van der Waals surface area (Å²) in [5, 5.41) is 0. The highest BCUT2D eigenvalue weighted by molar-refractivity contribution is 4.50. The summed E-state index contributed by atoms with van der Waals surface area (Å²) in [4.78, 5) is 0. The summed E-state index contributed by atoms with van der Waals surface area (Å²) in [7, 11) is 0. The normalized spacial score (nSPS) is 19.8. The first-order chi connectivity index (χ1) is 5.93. The minimum absolute atomic E-state index is 0.0180. The van der Waals surface area contributed by atoms with Crippen LogP contribution >= 0.6 is 0 Å². The van der Waals surface area contributed by atoms with E-state index in [4.69, 9.17) is 14.2 Å². The van der Waals surface area contributed by atoms with E-state index in [1.807, 2.05) is 0 Å². The van der Waals surface area contributed by atoms with Gasteiger partial charge in [-0.1, -0.05) is 6.92 Å². The van der Waals surface area contributed by atoms with Gasteiger partial charge in [-0.2, -0.15) is 0 Å². The Morgan fingerprint density at radius 1 is 1.25 bits per heavy atom. The highest BCUT2D eigenvalue weighted by Gasteiger charge is 2.12. The van der Waals surface area contributed by atoms with Crippen molar-refractivity contribution >= 4 is 0 Å². The first-order valence-corrected chi connectivity index (χ1v) is 4.74. The topological polar surface area (TPSA) is 27.7 Å². The number of hydrogen-bond acceptors (Lipinski definition) is 3. The molecule has 1 aliphatic rings. The zero-order valence-corrected chi connectivity index (χ0v) is 7.75. The summed E-state index contributed by atoms with van der Waals surface area (Å²) in [6, 6.07) is 0. The second-order valence-electron chi connectivity index (χ2n) is 2.93. The molecule has 0 bridgehead atoms. The Morgan fingerprint density at radius 2 is 2.00 bits per heavy atom. The van der Waals surface area contributed by atoms with Gasteiger partial charge in [0.15, 0.2) is 6.29 Å². The van der Waals surface area contributed by atoms with E-state index < -0.39 is 0 Å². The molecule has 0 radical (unpaired) electrons. The van der Waals surface area contributed by atoms with Gasteiger partial charge in [0.25, 0.3) is 0 Å². The zero-order valence-electron chi connectivity index (χ0n) is 7.75. The second-order valence-corrected chi connectivity index (χ2v) is 2.93. The van der Waals surface area contributed by atoms with Crippen molar-refractivity contribution in [3.8, 4) is 0 Å². The summed E-state index contributed by atoms with van der Waals surface area (Å²) < 4.78 is 16.0. The highest BCUT2D eigenvalue weighted by Crippen LogP contribution is 2.08. The van der Waals surface area contributed by atoms with Crippen LogP contribution in [0.2, 0.25) is 0 Å². The highest BCUT2D eigenvalue weighted by atomic mass is 16.7. The van der Waals surface area contributed by atoms with E-state index in [0.717, 1.165) is 45.7 Å². The molecule has 0 unspecified atom stereocenters. The molecule has 3 nitrogen and oxygen atoms in total. The molecule has 1 aliphatic heterocycles. The quantitative estimate of drug-likeness (QED) is 0.592. The molecule has 0 spiro atoms. The van der Waals surface area contributed by atoms with Gasteiger partial charge in [-0.3, -0.25) is 0 Å². The van der Waals surface area contributed by atoms with Crippen LogP contribution in [0.25, 0.3) is 0 Å². The van der Waals surface area contributed by atoms with Crippen molar-refractivity contribution in [2.24, 2.45) is 0 Å². The molecule has 72 valence electrons. The third-order valence-electron chi connectivity index (χ3n) is 1.74. The third kappa shape index (κ3) is 4.04. The minimum Gasteiger partial charge on any atom is -0.381 e. The molecule has 0 aromatic carbocycles. The van der Waals surface area contributed by atoms with Gasteiger partial charge in [-0.25, -0.2) is 0 Å². The van der Waals surface area contributed by atoms with Gasteiger partial charge in [-0.05, 0) is 12.8 Å². The number of hydrogen-bond donors (Lipinski definition) is 0. The fraction of sp³-hybridized carbons (Fsp3) is 1.00. The largest absolute Gasteiger partial charge is 0.381 e. The molecule has 1 rings (SSSR count). The maximum absolute atomic E-state index is 5.36. The third-order valence-corrected chi connectivity index (χ3v) is 1.74. The van der Waals surface area contributed by atoms with Crippen molar-refractivity contribution in [3.63, 3.8) is 0 Å². The standard InChI is InChI=1S/C9H18O3/c1-2-5-10-8-4-9-11-6-3-7-12-9/h9H,2-8H2,1H3. The predicted octanol–water partition coefficient (Wildman–Crippen LogP) is 1.57. The van der Waals surface area contributed by atoms with E-state index in [-0.39, 0.29) is 6.29 Å². The molecule has 0 aliphatic carbocycles. The minimum atomic E-state index is -0.0180. The summed E-state index contributed by atoms with van der Waals surface area (Å²) in [5.41, 5.74) is 0. The summed E-state index contributed by atoms with van der Waals surface area (Å²) in [6.07, 6.45) is 2.94. The van der Waals surface area contributed by atoms with E-state index in [1.54, 1.807) is 0 Å². The van der Waals surface area contributed by atoms with Crippen LogP contribution in [0, 0.1) is 0 Å². The average Bonchev–Trinajstić information content (AvgIpc) is 2.14. The van der Waals surface area contributed by atoms with Gasteiger partial charge in [-0.15, -0.1) is 0 Å². The Morgan fingerprint density at radius 3 is 2.67 bits per heavy atom. The number of ether oxygens (including phenoxy) is 3. The van der Waals surface area contributed by atoms with Crippen LogP contribution in [0.3, 0.4) is 0 Å². The molecule has 1 saturated heterocycles. The summed E-state index contributed by atoms with van der Waals surface area (Å²) >= 11 is 0. The van der Waals surface area contributed by atoms with Crippen molar-refractivity contribution in [1.29, 1.82) is 0 Å². The first-order valence-electron chi connectivity index (χ1n) is 4.74. The predicted molar refractivity (Wildman–Crippen MR) is 46.0 cm³/mol. The van der Waals surface area contributed by atoms with Crippen LogP contribution in [0.15, 0.2) is 0 Å². The maximum atomic E-state index is 5.36. The van der Waals surface area contributed by atoms with Crippen LogP contribution in [0.1, 0.15) is 26.2 Å². The molecule has 1 heterocycles. The van der Waals surface area contributed by atoms with Gasteiger partial charge >= 0.3 is 0 Å². The smallest absolute Gasteiger partial charge is 0.159 e. The zero-order chi connectivity index (χ0) is 8.65. The van der Waals surface area contributed by atoms with Gasteiger partial charge in [0, 0.05) is 13.0 Å². The summed E-state index contributed by atoms with van der Waals surface area (Å²) in [6.45, 7) is 5.36. The van der Waals surface area contributed by atoms with Crippen LogP contribution in [0.4, 0.5) is 0 Å². The fourth-order valence-corrected chi connectivity index (χ4v) is 1.13. The van der Waals surface area contributed by atoms with Crippen LogP contribution in [-0.2, 0) is 14.2 Å². The van der Waals surface area contributed by atoms with Gasteiger partial charge < -0.3 is 14.2 Å². The van der Waals surface area contributed by atoms with E-state index in [1.165, 1.54) is 0 Å². The van der Waals surface area contributed by atoms with E-state index >= 15 is 0 Å². The maximum Gasteiger partial charge on any atom is 0.159 e. The van der Waals surface area contributed by atoms with Crippen LogP contribution < -0.4 is 0 Å². The average molecular weight is 174 g/mol. The molecule has 0 atom stereocenters. The van der Waals surface area contributed by atoms with Crippen molar-refractivity contribution in [2.75, 3.05) is 26.4 Å². The SMILES string of the molecule is CCCOCCC1OCCCO1. The lowest BCUT2D eigenvalue weighted by Crippen LogP contribution is -2.26. The van der Waals surface area contributed by atoms with E-state index in [2.05, 4.69) is 6.92 Å². The first kappa shape index (κ1) is 9.96. The van der Waals surface area contributed by atoms with Crippen LogP contribution in [0.5, 0.6) is 0 Å². The van der Waals surface area contributed by atoms with Gasteiger partial charge in [0.2, 0.25) is 0 Å². The van der Waals surface area contributed by atoms with Gasteiger partial charge in [0.1, 0.15) is 0 Å². The molecule has 0 saturated carbocycles. The molecule has 0 N–H and O–H groups in total. The van der Waals surface area contributed by atoms with Crippen LogP contribution in [-0.4, -0.2) is 32.7 Å². The lowest BCUT2D eigenvalue weighted by atomic mass is 10.4. The molecule has 3 heteroatoms. The second kappa shape index (κ2) is 6.40. The molecule has 1 fully saturated rings. The Hall–Kier alpha value is -0.120. The lowest BCUT2D eigenvalue weighted by Gasteiger charge is -2.22. The van der Waals surface area contributed by atoms with Crippen molar-refractivity contribution in [3.05, 3.63) is 0 Å². The monoisotopic (exact) mass is 174 g/mol. The summed E-state index contributed by atoms with van der Waals surface area (Å²) in [5.74, 6) is 0. The molecular formula is C9H18O3. The fourth-order valence-electron chi connectivity index (χ4n) is 1.13. The van der Waals surface area contributed by atoms with Crippen molar-refractivity contribution in [2.45, 2.75) is 32.5 Å². The molecule has 12 heavy (non-hydrogen) atoms. The van der Waals surface area contributed by atoms with E-state index in [0.29, 0.717) is 0 Å².